The van der Waals surface area contributed by atoms with Gasteiger partial charge in [0.2, 0.25) is 5.91 Å². The SMILES string of the molecule is CSCC[C@H](N)C(=O)N1CCCC(CNC(N)=O)C1. The molecule has 0 saturated carbocycles. The van der Waals surface area contributed by atoms with Crippen LogP contribution in [0.15, 0.2) is 0 Å². The third-order valence-electron chi connectivity index (χ3n) is 3.35. The summed E-state index contributed by atoms with van der Waals surface area (Å²) in [7, 11) is 0. The number of urea groups is 1. The van der Waals surface area contributed by atoms with Crippen LogP contribution in [-0.2, 0) is 4.79 Å². The molecule has 0 spiro atoms. The molecule has 0 aromatic heterocycles. The van der Waals surface area contributed by atoms with Gasteiger partial charge < -0.3 is 21.7 Å². The third kappa shape index (κ3) is 5.69. The predicted octanol–water partition coefficient (Wildman–Crippen LogP) is -0.0263. The highest BCUT2D eigenvalue weighted by Crippen LogP contribution is 2.17. The predicted molar refractivity (Wildman–Crippen MR) is 77.9 cm³/mol. The van der Waals surface area contributed by atoms with Crippen LogP contribution in [0.2, 0.25) is 0 Å². The number of carbonyl (C=O) groups excluding carboxylic acids is 2. The maximum absolute atomic E-state index is 12.2. The second-order valence-corrected chi connectivity index (χ2v) is 5.91. The Hall–Kier alpha value is -0.950. The van der Waals surface area contributed by atoms with Gasteiger partial charge in [-0.3, -0.25) is 4.79 Å². The smallest absolute Gasteiger partial charge is 0.312 e. The average Bonchev–Trinajstić information content (AvgIpc) is 2.42. The molecule has 1 aliphatic rings. The van der Waals surface area contributed by atoms with Gasteiger partial charge in [-0.25, -0.2) is 4.79 Å². The van der Waals surface area contributed by atoms with Gasteiger partial charge >= 0.3 is 6.03 Å². The molecule has 3 amide bonds. The first-order valence-corrected chi connectivity index (χ1v) is 8.00. The van der Waals surface area contributed by atoms with Crippen molar-refractivity contribution in [3.63, 3.8) is 0 Å². The van der Waals surface area contributed by atoms with Crippen LogP contribution < -0.4 is 16.8 Å². The summed E-state index contributed by atoms with van der Waals surface area (Å²) >= 11 is 1.69. The fourth-order valence-electron chi connectivity index (χ4n) is 2.28. The number of nitrogens with one attached hydrogen (secondary N) is 1. The van der Waals surface area contributed by atoms with Crippen molar-refractivity contribution in [1.29, 1.82) is 0 Å². The van der Waals surface area contributed by atoms with E-state index in [0.717, 1.165) is 25.1 Å². The molecule has 1 unspecified atom stereocenters. The summed E-state index contributed by atoms with van der Waals surface area (Å²) < 4.78 is 0. The van der Waals surface area contributed by atoms with Crippen LogP contribution in [0.3, 0.4) is 0 Å². The molecular weight excluding hydrogens is 264 g/mol. The molecule has 2 atom stereocenters. The molecule has 5 N–H and O–H groups in total. The highest BCUT2D eigenvalue weighted by atomic mass is 32.2. The number of rotatable bonds is 6. The minimum absolute atomic E-state index is 0.0258. The van der Waals surface area contributed by atoms with E-state index in [1.54, 1.807) is 11.8 Å². The Balaban J connectivity index is 2.40. The Morgan fingerprint density at radius 2 is 2.26 bits per heavy atom. The molecule has 1 aliphatic heterocycles. The number of nitrogens with zero attached hydrogens (tertiary/aromatic N) is 1. The maximum atomic E-state index is 12.2. The second kappa shape index (κ2) is 8.27. The first kappa shape index (κ1) is 16.1. The van der Waals surface area contributed by atoms with Crippen LogP contribution in [0, 0.1) is 5.92 Å². The average molecular weight is 288 g/mol. The standard InChI is InChI=1S/C12H24N4O2S/c1-19-6-4-10(13)11(17)16-5-2-3-9(8-16)7-15-12(14)18/h9-10H,2-8,13H2,1H3,(H3,14,15,18)/t9?,10-/m0/s1. The second-order valence-electron chi connectivity index (χ2n) is 4.93. The van der Waals surface area contributed by atoms with Crippen molar-refractivity contribution in [2.24, 2.45) is 17.4 Å². The van der Waals surface area contributed by atoms with Gasteiger partial charge in [-0.1, -0.05) is 0 Å². The van der Waals surface area contributed by atoms with Gasteiger partial charge in [-0.05, 0) is 37.2 Å². The summed E-state index contributed by atoms with van der Waals surface area (Å²) in [4.78, 5) is 24.7. The Morgan fingerprint density at radius 1 is 1.53 bits per heavy atom. The highest BCUT2D eigenvalue weighted by molar-refractivity contribution is 7.98. The number of amides is 3. The van der Waals surface area contributed by atoms with Crippen molar-refractivity contribution in [3.05, 3.63) is 0 Å². The lowest BCUT2D eigenvalue weighted by Crippen LogP contribution is -2.50. The van der Waals surface area contributed by atoms with E-state index >= 15 is 0 Å². The summed E-state index contributed by atoms with van der Waals surface area (Å²) in [5, 5.41) is 2.60. The van der Waals surface area contributed by atoms with Crippen molar-refractivity contribution < 1.29 is 9.59 Å². The minimum atomic E-state index is -0.514. The van der Waals surface area contributed by atoms with Gasteiger partial charge in [0, 0.05) is 19.6 Å². The Kier molecular flexibility index (Phi) is 7.01. The minimum Gasteiger partial charge on any atom is -0.352 e. The van der Waals surface area contributed by atoms with E-state index < -0.39 is 12.1 Å². The van der Waals surface area contributed by atoms with E-state index in [4.69, 9.17) is 11.5 Å². The maximum Gasteiger partial charge on any atom is 0.312 e. The molecule has 0 radical (unpaired) electrons. The molecule has 19 heavy (non-hydrogen) atoms. The van der Waals surface area contributed by atoms with E-state index in [2.05, 4.69) is 5.32 Å². The summed E-state index contributed by atoms with van der Waals surface area (Å²) in [6.45, 7) is 1.95. The largest absolute Gasteiger partial charge is 0.352 e. The van der Waals surface area contributed by atoms with Gasteiger partial charge in [0.05, 0.1) is 6.04 Å². The van der Waals surface area contributed by atoms with Gasteiger partial charge in [0.1, 0.15) is 0 Å². The van der Waals surface area contributed by atoms with Crippen LogP contribution in [0.5, 0.6) is 0 Å². The van der Waals surface area contributed by atoms with Gasteiger partial charge in [0.15, 0.2) is 0 Å². The van der Waals surface area contributed by atoms with E-state index in [1.165, 1.54) is 0 Å². The first-order valence-electron chi connectivity index (χ1n) is 6.61. The highest BCUT2D eigenvalue weighted by Gasteiger charge is 2.26. The zero-order valence-electron chi connectivity index (χ0n) is 11.4. The fraction of sp³-hybridized carbons (Fsp3) is 0.833. The lowest BCUT2D eigenvalue weighted by atomic mass is 9.97. The van der Waals surface area contributed by atoms with E-state index in [0.29, 0.717) is 19.5 Å². The normalized spacial score (nSPS) is 20.9. The van der Waals surface area contributed by atoms with Crippen LogP contribution in [0.25, 0.3) is 0 Å². The van der Waals surface area contributed by atoms with Crippen molar-refractivity contribution >= 4 is 23.7 Å². The molecule has 1 saturated heterocycles. The number of nitrogens with two attached hydrogens (primary N) is 2. The molecule has 0 bridgehead atoms. The lowest BCUT2D eigenvalue weighted by molar-refractivity contribution is -0.134. The van der Waals surface area contributed by atoms with Crippen molar-refractivity contribution in [1.82, 2.24) is 10.2 Å². The summed E-state index contributed by atoms with van der Waals surface area (Å²) in [5.41, 5.74) is 11.0. The van der Waals surface area contributed by atoms with Crippen LogP contribution >= 0.6 is 11.8 Å². The van der Waals surface area contributed by atoms with Crippen molar-refractivity contribution in [2.75, 3.05) is 31.6 Å². The molecule has 1 rings (SSSR count). The Bertz CT molecular complexity index is 314. The number of piperidine rings is 1. The van der Waals surface area contributed by atoms with Crippen molar-refractivity contribution in [3.8, 4) is 0 Å². The molecule has 7 heteroatoms. The molecule has 0 aromatic rings. The number of primary amides is 1. The molecule has 6 nitrogen and oxygen atoms in total. The third-order valence-corrected chi connectivity index (χ3v) is 3.99. The van der Waals surface area contributed by atoms with E-state index in [-0.39, 0.29) is 11.8 Å². The zero-order valence-corrected chi connectivity index (χ0v) is 12.2. The first-order chi connectivity index (χ1) is 9.04. The molecule has 0 aromatic carbocycles. The molecule has 1 heterocycles. The lowest BCUT2D eigenvalue weighted by Gasteiger charge is -2.34. The summed E-state index contributed by atoms with van der Waals surface area (Å²) in [5.74, 6) is 1.20. The monoisotopic (exact) mass is 288 g/mol. The number of carbonyl (C=O) groups is 2. The van der Waals surface area contributed by atoms with E-state index in [9.17, 15) is 9.59 Å². The van der Waals surface area contributed by atoms with Crippen LogP contribution in [0.1, 0.15) is 19.3 Å². The number of likely N-dealkylation sites (tertiary alicyclic amines) is 1. The van der Waals surface area contributed by atoms with Crippen LogP contribution in [0.4, 0.5) is 4.79 Å². The molecule has 1 fully saturated rings. The summed E-state index contributed by atoms with van der Waals surface area (Å²) in [6, 6.07) is -0.921. The molecule has 0 aliphatic carbocycles. The topological polar surface area (TPSA) is 101 Å². The van der Waals surface area contributed by atoms with E-state index in [1.807, 2.05) is 11.2 Å². The van der Waals surface area contributed by atoms with Gasteiger partial charge in [-0.2, -0.15) is 11.8 Å². The van der Waals surface area contributed by atoms with Crippen LogP contribution in [-0.4, -0.2) is 54.5 Å². The molecular formula is C12H24N4O2S. The zero-order chi connectivity index (χ0) is 14.3. The van der Waals surface area contributed by atoms with Gasteiger partial charge in [0.25, 0.3) is 0 Å². The number of hydrogen-bond donors (Lipinski definition) is 3. The molecule has 110 valence electrons. The van der Waals surface area contributed by atoms with Gasteiger partial charge in [-0.15, -0.1) is 0 Å². The summed E-state index contributed by atoms with van der Waals surface area (Å²) in [6.07, 6.45) is 4.67. The fourth-order valence-corrected chi connectivity index (χ4v) is 2.77. The Labute approximate surface area is 118 Å². The van der Waals surface area contributed by atoms with Crippen molar-refractivity contribution in [2.45, 2.75) is 25.3 Å². The quantitative estimate of drug-likeness (QED) is 0.639. The Morgan fingerprint density at radius 3 is 2.89 bits per heavy atom. The number of hydrogen-bond acceptors (Lipinski definition) is 4. The number of thioether (sulfide) groups is 1.